The van der Waals surface area contributed by atoms with Gasteiger partial charge in [0.2, 0.25) is 0 Å². The van der Waals surface area contributed by atoms with E-state index in [1.54, 1.807) is 0 Å². The van der Waals surface area contributed by atoms with Crippen molar-refractivity contribution in [1.29, 1.82) is 0 Å². The Morgan fingerprint density at radius 1 is 0.114 bits per heavy atom. The van der Waals surface area contributed by atoms with Crippen LogP contribution in [0.3, 0.4) is 0 Å². The second kappa shape index (κ2) is 46.9. The lowest BCUT2D eigenvalue weighted by molar-refractivity contribution is 0.183. The van der Waals surface area contributed by atoms with Gasteiger partial charge in [-0.15, -0.1) is 0 Å². The second-order valence-electron chi connectivity index (χ2n) is 23.4. The van der Waals surface area contributed by atoms with E-state index in [2.05, 4.69) is 181 Å². The van der Waals surface area contributed by atoms with Gasteiger partial charge in [-0.2, -0.15) is 0 Å². The average molecular weight is 998 g/mol. The van der Waals surface area contributed by atoms with E-state index in [9.17, 15) is 0 Å². The maximum Gasteiger partial charge on any atom is -0.000653 e. The number of hydrogen-bond acceptors (Lipinski definition) is 14. The molecule has 0 spiro atoms. The Kier molecular flexibility index (Phi) is 46.6. The average Bonchev–Trinajstić information content (AvgIpc) is 3.25. The third-order valence-electron chi connectivity index (χ3n) is 13.6. The van der Waals surface area contributed by atoms with E-state index in [-0.39, 0.29) is 0 Å². The molecule has 0 unspecified atom stereocenters. The first-order valence-corrected chi connectivity index (χ1v) is 28.9. The maximum absolute atomic E-state index is 2.87. The van der Waals surface area contributed by atoms with Crippen molar-refractivity contribution >= 4 is 0 Å². The summed E-state index contributed by atoms with van der Waals surface area (Å²) < 4.78 is 0. The fourth-order valence-electron chi connectivity index (χ4n) is 9.64. The van der Waals surface area contributed by atoms with E-state index in [0.717, 1.165) is 0 Å². The molecule has 0 aliphatic carbocycles. The van der Waals surface area contributed by atoms with Crippen LogP contribution in [0.4, 0.5) is 0 Å². The van der Waals surface area contributed by atoms with Crippen LogP contribution in [0.5, 0.6) is 0 Å². The number of hydrogen-bond donors (Lipinski definition) is 0. The van der Waals surface area contributed by atoms with Crippen LogP contribution in [0.15, 0.2) is 0 Å². The SMILES string of the molecule is CN(C)CCCN(CCCN(C)C)CCCN(CCCCN(CCCN(CCCN(C)C)CCCN(C)C)CCCN(CCCN(C)C)CCCN(C)C)CCCN(CCCN(C)C)CCCN(C)C. The molecule has 0 aliphatic rings. The second-order valence-corrected chi connectivity index (χ2v) is 23.4. The minimum absolute atomic E-state index is 1.17. The molecule has 0 amide bonds. The topological polar surface area (TPSA) is 45.4 Å². The molecular formula is C56H128N14. The van der Waals surface area contributed by atoms with Crippen molar-refractivity contribution in [2.75, 3.05) is 283 Å². The molecule has 0 N–H and O–H groups in total. The summed E-state index contributed by atoms with van der Waals surface area (Å²) >= 11 is 0. The van der Waals surface area contributed by atoms with Crippen molar-refractivity contribution in [3.63, 3.8) is 0 Å². The van der Waals surface area contributed by atoms with Gasteiger partial charge in [0, 0.05) is 0 Å². The Morgan fingerprint density at radius 3 is 0.300 bits per heavy atom. The van der Waals surface area contributed by atoms with Crippen molar-refractivity contribution in [3.05, 3.63) is 0 Å². The van der Waals surface area contributed by atoms with Crippen molar-refractivity contribution in [1.82, 2.24) is 68.6 Å². The summed E-state index contributed by atoms with van der Waals surface area (Å²) in [6, 6.07) is 0. The fourth-order valence-corrected chi connectivity index (χ4v) is 9.64. The largest absolute Gasteiger partial charge is 0.309 e. The number of unbranched alkanes of at least 4 members (excludes halogenated alkanes) is 1. The van der Waals surface area contributed by atoms with Gasteiger partial charge in [0.1, 0.15) is 0 Å². The predicted octanol–water partition coefficient (Wildman–Crippen LogP) is 4.75. The summed E-state index contributed by atoms with van der Waals surface area (Å²) in [7, 11) is 35.4. The van der Waals surface area contributed by atoms with Crippen molar-refractivity contribution in [2.24, 2.45) is 0 Å². The molecule has 14 nitrogen and oxygen atoms in total. The summed E-state index contributed by atoms with van der Waals surface area (Å²) in [5.74, 6) is 0. The minimum atomic E-state index is 1.17. The quantitative estimate of drug-likeness (QED) is 0.0789. The van der Waals surface area contributed by atoms with Gasteiger partial charge in [-0.05, 0) is 373 Å². The molecule has 0 heterocycles. The number of nitrogens with zero attached hydrogens (tertiary/aromatic N) is 14. The van der Waals surface area contributed by atoms with Crippen LogP contribution >= 0.6 is 0 Å². The highest BCUT2D eigenvalue weighted by atomic mass is 15.2. The molecule has 0 saturated carbocycles. The van der Waals surface area contributed by atoms with Crippen molar-refractivity contribution < 1.29 is 0 Å². The highest BCUT2D eigenvalue weighted by Gasteiger charge is 2.15. The van der Waals surface area contributed by atoms with E-state index < -0.39 is 0 Å². The molecule has 422 valence electrons. The van der Waals surface area contributed by atoms with Crippen LogP contribution in [0, 0.1) is 0 Å². The van der Waals surface area contributed by atoms with E-state index >= 15 is 0 Å². The molecule has 0 radical (unpaired) electrons. The maximum atomic E-state index is 2.87. The zero-order chi connectivity index (χ0) is 52.4. The molecule has 0 saturated heterocycles. The van der Waals surface area contributed by atoms with Crippen LogP contribution in [0.2, 0.25) is 0 Å². The van der Waals surface area contributed by atoms with Crippen LogP contribution in [0.1, 0.15) is 89.9 Å². The lowest BCUT2D eigenvalue weighted by Gasteiger charge is -2.29. The molecule has 0 rings (SSSR count). The monoisotopic (exact) mass is 997 g/mol. The zero-order valence-electron chi connectivity index (χ0n) is 50.5. The highest BCUT2D eigenvalue weighted by Crippen LogP contribution is 2.09. The minimum Gasteiger partial charge on any atom is -0.309 e. The lowest BCUT2D eigenvalue weighted by atomic mass is 10.2. The molecule has 14 heteroatoms. The van der Waals surface area contributed by atoms with E-state index in [1.165, 1.54) is 260 Å². The number of rotatable bonds is 53. The first kappa shape index (κ1) is 69.4. The Hall–Kier alpha value is -0.560. The molecule has 0 aromatic heterocycles. The van der Waals surface area contributed by atoms with Gasteiger partial charge in [-0.1, -0.05) is 0 Å². The Morgan fingerprint density at radius 2 is 0.200 bits per heavy atom. The summed E-state index contributed by atoms with van der Waals surface area (Å²) in [5.41, 5.74) is 0. The third-order valence-corrected chi connectivity index (χ3v) is 13.6. The van der Waals surface area contributed by atoms with Gasteiger partial charge in [-0.25, -0.2) is 0 Å². The van der Waals surface area contributed by atoms with Crippen molar-refractivity contribution in [2.45, 2.75) is 89.9 Å². The van der Waals surface area contributed by atoms with Gasteiger partial charge in [-0.3, -0.25) is 0 Å². The standard InChI is InChI=1S/C56H128N14/c1-57(2)31-19-41-67(42-20-32-58(3)4)53-27-49-65(50-28-54-68(43-21-33-59(5)6)44-22-34-60(7)8)39-17-18-40-66(51-29-55-69(45-23-35-61(9)10)46-24-36-62(11)12)52-30-56-70(47-25-37-63(13)14)48-26-38-64(15)16/h17-56H2,1-16H3. The van der Waals surface area contributed by atoms with Crippen LogP contribution in [-0.4, -0.2) is 352 Å². The lowest BCUT2D eigenvalue weighted by Crippen LogP contribution is -2.37. The van der Waals surface area contributed by atoms with Crippen LogP contribution in [0.25, 0.3) is 0 Å². The smallest absolute Gasteiger partial charge is 0.000653 e. The van der Waals surface area contributed by atoms with Crippen LogP contribution in [-0.2, 0) is 0 Å². The molecule has 70 heavy (non-hydrogen) atoms. The first-order valence-electron chi connectivity index (χ1n) is 28.9. The Bertz CT molecular complexity index is 863. The van der Waals surface area contributed by atoms with E-state index in [0.29, 0.717) is 0 Å². The highest BCUT2D eigenvalue weighted by molar-refractivity contribution is 4.71. The van der Waals surface area contributed by atoms with Gasteiger partial charge >= 0.3 is 0 Å². The molecule has 0 aromatic rings. The van der Waals surface area contributed by atoms with Gasteiger partial charge in [0.05, 0.1) is 0 Å². The molecule has 0 aromatic carbocycles. The van der Waals surface area contributed by atoms with Crippen molar-refractivity contribution in [3.8, 4) is 0 Å². The van der Waals surface area contributed by atoms with Gasteiger partial charge < -0.3 is 68.6 Å². The Balaban J connectivity index is 6.04. The molecule has 0 atom stereocenters. The van der Waals surface area contributed by atoms with Crippen LogP contribution < -0.4 is 0 Å². The summed E-state index contributed by atoms with van der Waals surface area (Å²) in [6.07, 6.45) is 17.7. The normalized spacial score (nSPS) is 12.9. The first-order chi connectivity index (χ1) is 33.4. The molecule has 0 aliphatic heterocycles. The molecule has 0 fully saturated rings. The molecule has 0 bridgehead atoms. The summed E-state index contributed by atoms with van der Waals surface area (Å²) in [6.45, 7) is 31.3. The summed E-state index contributed by atoms with van der Waals surface area (Å²) in [5, 5.41) is 0. The predicted molar refractivity (Wildman–Crippen MR) is 312 cm³/mol. The summed E-state index contributed by atoms with van der Waals surface area (Å²) in [4.78, 5) is 35.6. The Labute approximate surface area is 439 Å². The van der Waals surface area contributed by atoms with Gasteiger partial charge in [0.15, 0.2) is 0 Å². The van der Waals surface area contributed by atoms with Gasteiger partial charge in [0.25, 0.3) is 0 Å². The fraction of sp³-hybridized carbons (Fsp3) is 1.00. The van der Waals surface area contributed by atoms with E-state index in [1.807, 2.05) is 0 Å². The molecular weight excluding hydrogens is 869 g/mol. The zero-order valence-corrected chi connectivity index (χ0v) is 50.5. The van der Waals surface area contributed by atoms with E-state index in [4.69, 9.17) is 0 Å². The third kappa shape index (κ3) is 48.4.